The molecule has 0 saturated heterocycles. The van der Waals surface area contributed by atoms with Crippen LogP contribution in [0.5, 0.6) is 0 Å². The van der Waals surface area contributed by atoms with E-state index in [9.17, 15) is 0 Å². The van der Waals surface area contributed by atoms with Crippen LogP contribution in [0.4, 0.5) is 5.82 Å². The van der Waals surface area contributed by atoms with Crippen molar-refractivity contribution in [2.45, 2.75) is 38.1 Å². The van der Waals surface area contributed by atoms with Crippen LogP contribution < -0.4 is 10.6 Å². The average molecular weight is 270 g/mol. The summed E-state index contributed by atoms with van der Waals surface area (Å²) >= 11 is 0. The lowest BCUT2D eigenvalue weighted by Gasteiger charge is -2.35. The molecule has 0 atom stereocenters. The first-order chi connectivity index (χ1) is 9.90. The van der Waals surface area contributed by atoms with Crippen molar-refractivity contribution in [3.8, 4) is 0 Å². The van der Waals surface area contributed by atoms with Crippen LogP contribution in [0.2, 0.25) is 0 Å². The average Bonchev–Trinajstić information content (AvgIpc) is 2.53. The predicted octanol–water partition coefficient (Wildman–Crippen LogP) is 2.73. The van der Waals surface area contributed by atoms with Gasteiger partial charge in [0.25, 0.3) is 0 Å². The first-order valence-corrected chi connectivity index (χ1v) is 7.57. The summed E-state index contributed by atoms with van der Waals surface area (Å²) in [6, 6.07) is 8.89. The molecule has 0 bridgehead atoms. The van der Waals surface area contributed by atoms with E-state index < -0.39 is 0 Å². The van der Waals surface area contributed by atoms with Crippen molar-refractivity contribution in [1.82, 2.24) is 10.2 Å². The molecule has 3 rings (SSSR count). The summed E-state index contributed by atoms with van der Waals surface area (Å²) in [6.45, 7) is 1.51. The largest absolute Gasteiger partial charge is 0.350 e. The third-order valence-electron chi connectivity index (χ3n) is 4.21. The maximum Gasteiger partial charge on any atom is 0.159 e. The van der Waals surface area contributed by atoms with E-state index in [0.717, 1.165) is 17.7 Å². The SMILES string of the molecule is NCCN(c1nncc2ccccc12)C1CCCCC1. The fraction of sp³-hybridized carbons (Fsp3) is 0.500. The van der Waals surface area contributed by atoms with Crippen LogP contribution >= 0.6 is 0 Å². The summed E-state index contributed by atoms with van der Waals surface area (Å²) in [5.74, 6) is 1.00. The first-order valence-electron chi connectivity index (χ1n) is 7.57. The zero-order valence-electron chi connectivity index (χ0n) is 11.8. The summed E-state index contributed by atoms with van der Waals surface area (Å²) in [5, 5.41) is 10.9. The van der Waals surface area contributed by atoms with E-state index in [2.05, 4.69) is 33.3 Å². The Bertz CT molecular complexity index is 558. The molecule has 2 N–H and O–H groups in total. The molecule has 0 aliphatic heterocycles. The van der Waals surface area contributed by atoms with Crippen LogP contribution in [0.15, 0.2) is 30.5 Å². The van der Waals surface area contributed by atoms with Crippen LogP contribution in [-0.4, -0.2) is 29.3 Å². The highest BCUT2D eigenvalue weighted by atomic mass is 15.3. The Morgan fingerprint density at radius 1 is 1.15 bits per heavy atom. The number of nitrogens with zero attached hydrogens (tertiary/aromatic N) is 3. The van der Waals surface area contributed by atoms with Crippen molar-refractivity contribution in [2.24, 2.45) is 5.73 Å². The molecule has 1 fully saturated rings. The molecule has 0 unspecified atom stereocenters. The molecule has 1 aromatic carbocycles. The fourth-order valence-corrected chi connectivity index (χ4v) is 3.22. The van der Waals surface area contributed by atoms with Crippen LogP contribution in [0.1, 0.15) is 32.1 Å². The molecule has 4 nitrogen and oxygen atoms in total. The smallest absolute Gasteiger partial charge is 0.159 e. The molecule has 1 saturated carbocycles. The second-order valence-electron chi connectivity index (χ2n) is 5.53. The minimum atomic E-state index is 0.562. The van der Waals surface area contributed by atoms with Crippen molar-refractivity contribution < 1.29 is 0 Å². The summed E-state index contributed by atoms with van der Waals surface area (Å²) in [6.07, 6.45) is 8.29. The molecule has 1 aliphatic rings. The Labute approximate surface area is 120 Å². The van der Waals surface area contributed by atoms with Crippen molar-refractivity contribution in [2.75, 3.05) is 18.0 Å². The number of aromatic nitrogens is 2. The van der Waals surface area contributed by atoms with E-state index in [-0.39, 0.29) is 0 Å². The van der Waals surface area contributed by atoms with E-state index in [4.69, 9.17) is 5.73 Å². The highest BCUT2D eigenvalue weighted by molar-refractivity contribution is 5.91. The van der Waals surface area contributed by atoms with Gasteiger partial charge in [0.2, 0.25) is 0 Å². The van der Waals surface area contributed by atoms with Gasteiger partial charge in [-0.05, 0) is 12.8 Å². The van der Waals surface area contributed by atoms with Crippen molar-refractivity contribution >= 4 is 16.6 Å². The maximum absolute atomic E-state index is 5.83. The Morgan fingerprint density at radius 3 is 2.75 bits per heavy atom. The van der Waals surface area contributed by atoms with Gasteiger partial charge in [0, 0.05) is 29.9 Å². The van der Waals surface area contributed by atoms with Crippen LogP contribution in [0, 0.1) is 0 Å². The number of nitrogens with two attached hydrogens (primary N) is 1. The van der Waals surface area contributed by atoms with E-state index in [0.29, 0.717) is 12.6 Å². The number of benzene rings is 1. The lowest BCUT2D eigenvalue weighted by Crippen LogP contribution is -2.40. The van der Waals surface area contributed by atoms with E-state index in [1.807, 2.05) is 12.3 Å². The van der Waals surface area contributed by atoms with E-state index in [1.165, 1.54) is 37.5 Å². The highest BCUT2D eigenvalue weighted by Crippen LogP contribution is 2.30. The molecule has 0 spiro atoms. The van der Waals surface area contributed by atoms with Crippen molar-refractivity contribution in [3.05, 3.63) is 30.5 Å². The number of hydrogen-bond acceptors (Lipinski definition) is 4. The van der Waals surface area contributed by atoms with Crippen LogP contribution in [0.3, 0.4) is 0 Å². The molecule has 0 radical (unpaired) electrons. The number of rotatable bonds is 4. The Hall–Kier alpha value is -1.68. The van der Waals surface area contributed by atoms with Gasteiger partial charge >= 0.3 is 0 Å². The van der Waals surface area contributed by atoms with Gasteiger partial charge in [-0.2, -0.15) is 5.10 Å². The number of hydrogen-bond donors (Lipinski definition) is 1. The molecule has 106 valence electrons. The monoisotopic (exact) mass is 270 g/mol. The molecule has 1 aliphatic carbocycles. The predicted molar refractivity (Wildman–Crippen MR) is 82.8 cm³/mol. The zero-order chi connectivity index (χ0) is 13.8. The van der Waals surface area contributed by atoms with Gasteiger partial charge in [-0.15, -0.1) is 5.10 Å². The first kappa shape index (κ1) is 13.3. The van der Waals surface area contributed by atoms with Gasteiger partial charge in [-0.3, -0.25) is 0 Å². The molecule has 1 aromatic heterocycles. The van der Waals surface area contributed by atoms with Crippen LogP contribution in [0.25, 0.3) is 10.8 Å². The lowest BCUT2D eigenvalue weighted by atomic mass is 9.94. The molecule has 2 aromatic rings. The van der Waals surface area contributed by atoms with Gasteiger partial charge in [-0.1, -0.05) is 43.5 Å². The standard InChI is InChI=1S/C16H22N4/c17-10-11-20(14-7-2-1-3-8-14)16-15-9-5-4-6-13(15)12-18-19-16/h4-6,9,12,14H,1-3,7-8,10-11,17H2. The van der Waals surface area contributed by atoms with Crippen LogP contribution in [-0.2, 0) is 0 Å². The quantitative estimate of drug-likeness (QED) is 0.928. The Kier molecular flexibility index (Phi) is 4.11. The fourth-order valence-electron chi connectivity index (χ4n) is 3.22. The van der Waals surface area contributed by atoms with Gasteiger partial charge < -0.3 is 10.6 Å². The van der Waals surface area contributed by atoms with Crippen molar-refractivity contribution in [3.63, 3.8) is 0 Å². The van der Waals surface area contributed by atoms with E-state index >= 15 is 0 Å². The van der Waals surface area contributed by atoms with Crippen molar-refractivity contribution in [1.29, 1.82) is 0 Å². The van der Waals surface area contributed by atoms with E-state index in [1.54, 1.807) is 0 Å². The number of anilines is 1. The third kappa shape index (κ3) is 2.61. The summed E-state index contributed by atoms with van der Waals surface area (Å²) in [5.41, 5.74) is 5.83. The number of fused-ring (bicyclic) bond motifs is 1. The molecule has 4 heteroatoms. The Balaban J connectivity index is 2.00. The molecule has 20 heavy (non-hydrogen) atoms. The van der Waals surface area contributed by atoms with Gasteiger partial charge in [0.15, 0.2) is 5.82 Å². The summed E-state index contributed by atoms with van der Waals surface area (Å²) < 4.78 is 0. The summed E-state index contributed by atoms with van der Waals surface area (Å²) in [7, 11) is 0. The second kappa shape index (κ2) is 6.18. The second-order valence-corrected chi connectivity index (χ2v) is 5.53. The molecular weight excluding hydrogens is 248 g/mol. The van der Waals surface area contributed by atoms with Gasteiger partial charge in [-0.25, -0.2) is 0 Å². The maximum atomic E-state index is 5.83. The lowest BCUT2D eigenvalue weighted by molar-refractivity contribution is 0.414. The molecule has 0 amide bonds. The third-order valence-corrected chi connectivity index (χ3v) is 4.21. The zero-order valence-corrected chi connectivity index (χ0v) is 11.8. The highest BCUT2D eigenvalue weighted by Gasteiger charge is 2.23. The summed E-state index contributed by atoms with van der Waals surface area (Å²) in [4.78, 5) is 2.38. The molecular formula is C16H22N4. The topological polar surface area (TPSA) is 55.0 Å². The minimum absolute atomic E-state index is 0.562. The molecule has 1 heterocycles. The minimum Gasteiger partial charge on any atom is -0.350 e. The normalized spacial score (nSPS) is 16.4. The van der Waals surface area contributed by atoms with Gasteiger partial charge in [0.05, 0.1) is 6.20 Å². The Morgan fingerprint density at radius 2 is 1.95 bits per heavy atom. The van der Waals surface area contributed by atoms with Gasteiger partial charge in [0.1, 0.15) is 0 Å².